The summed E-state index contributed by atoms with van der Waals surface area (Å²) in [7, 11) is 3.48. The molecule has 0 aliphatic heterocycles. The number of aryl methyl sites for hydroxylation is 2. The van der Waals surface area contributed by atoms with Gasteiger partial charge in [0, 0.05) is 14.1 Å². The molecule has 1 aromatic carbocycles. The number of hydrazone groups is 1. The summed E-state index contributed by atoms with van der Waals surface area (Å²) in [6.45, 7) is 0. The zero-order valence-electron chi connectivity index (χ0n) is 10.0. The highest BCUT2D eigenvalue weighted by Crippen LogP contribution is 2.12. The molecule has 94 valence electrons. The summed E-state index contributed by atoms with van der Waals surface area (Å²) in [5, 5.41) is 3.98. The Hall–Kier alpha value is -2.15. The van der Waals surface area contributed by atoms with Gasteiger partial charge < -0.3 is 5.73 Å². The van der Waals surface area contributed by atoms with Crippen LogP contribution < -0.4 is 16.8 Å². The Balaban J connectivity index is 2.45. The minimum absolute atomic E-state index is 0.0552. The van der Waals surface area contributed by atoms with Crippen molar-refractivity contribution in [3.05, 3.63) is 34.2 Å². The molecular formula is C11H13N5OS. The number of thiocarbonyl (C=S) groups is 1. The zero-order valence-corrected chi connectivity index (χ0v) is 10.9. The van der Waals surface area contributed by atoms with Gasteiger partial charge in [-0.25, -0.2) is 4.79 Å². The Bertz CT molecular complexity index is 697. The van der Waals surface area contributed by atoms with Gasteiger partial charge in [-0.15, -0.1) is 0 Å². The molecule has 2 rings (SSSR count). The summed E-state index contributed by atoms with van der Waals surface area (Å²) in [6.07, 6.45) is 1.59. The monoisotopic (exact) mass is 263 g/mol. The number of imidazole rings is 1. The Labute approximate surface area is 109 Å². The molecule has 7 heteroatoms. The normalized spacial score (nSPS) is 11.2. The van der Waals surface area contributed by atoms with Crippen LogP contribution >= 0.6 is 12.2 Å². The van der Waals surface area contributed by atoms with Crippen LogP contribution in [0, 0.1) is 0 Å². The van der Waals surface area contributed by atoms with Gasteiger partial charge in [0.1, 0.15) is 0 Å². The highest BCUT2D eigenvalue weighted by molar-refractivity contribution is 7.80. The number of nitrogens with zero attached hydrogens (tertiary/aromatic N) is 3. The van der Waals surface area contributed by atoms with Gasteiger partial charge >= 0.3 is 5.69 Å². The molecule has 0 aliphatic carbocycles. The van der Waals surface area contributed by atoms with Crippen LogP contribution in [0.5, 0.6) is 0 Å². The summed E-state index contributed by atoms with van der Waals surface area (Å²) >= 11 is 4.63. The van der Waals surface area contributed by atoms with Crippen molar-refractivity contribution < 1.29 is 0 Å². The average Bonchev–Trinajstić information content (AvgIpc) is 2.54. The third kappa shape index (κ3) is 2.12. The Morgan fingerprint density at radius 1 is 1.39 bits per heavy atom. The number of rotatable bonds is 2. The molecule has 0 amide bonds. The number of benzene rings is 1. The third-order valence-corrected chi connectivity index (χ3v) is 2.78. The molecule has 0 atom stereocenters. The second kappa shape index (κ2) is 4.61. The van der Waals surface area contributed by atoms with Crippen LogP contribution in [0.3, 0.4) is 0 Å². The van der Waals surface area contributed by atoms with E-state index in [2.05, 4.69) is 22.7 Å². The van der Waals surface area contributed by atoms with E-state index in [-0.39, 0.29) is 10.8 Å². The lowest BCUT2D eigenvalue weighted by Gasteiger charge is -1.98. The largest absolute Gasteiger partial charge is 0.375 e. The molecule has 2 aromatic rings. The minimum atomic E-state index is -0.0552. The molecule has 6 nitrogen and oxygen atoms in total. The van der Waals surface area contributed by atoms with E-state index in [9.17, 15) is 4.79 Å². The molecule has 0 spiro atoms. The number of nitrogens with two attached hydrogens (primary N) is 1. The van der Waals surface area contributed by atoms with Gasteiger partial charge in [-0.2, -0.15) is 5.10 Å². The Kier molecular flexibility index (Phi) is 3.15. The van der Waals surface area contributed by atoms with Gasteiger partial charge in [0.2, 0.25) is 0 Å². The highest BCUT2D eigenvalue weighted by atomic mass is 32.1. The van der Waals surface area contributed by atoms with Crippen molar-refractivity contribution in [3.8, 4) is 0 Å². The fourth-order valence-electron chi connectivity index (χ4n) is 1.77. The lowest BCUT2D eigenvalue weighted by molar-refractivity contribution is 0.795. The summed E-state index contributed by atoms with van der Waals surface area (Å²) in [4.78, 5) is 11.7. The first-order valence-corrected chi connectivity index (χ1v) is 5.65. The highest BCUT2D eigenvalue weighted by Gasteiger charge is 2.07. The van der Waals surface area contributed by atoms with Gasteiger partial charge in [-0.1, -0.05) is 6.07 Å². The van der Waals surface area contributed by atoms with Crippen molar-refractivity contribution >= 4 is 34.6 Å². The van der Waals surface area contributed by atoms with Crippen molar-refractivity contribution in [1.29, 1.82) is 0 Å². The molecule has 3 N–H and O–H groups in total. The van der Waals surface area contributed by atoms with Gasteiger partial charge in [0.25, 0.3) is 0 Å². The number of fused-ring (bicyclic) bond motifs is 1. The second-order valence-corrected chi connectivity index (χ2v) is 4.32. The van der Waals surface area contributed by atoms with Crippen LogP contribution in [-0.4, -0.2) is 20.5 Å². The molecular weight excluding hydrogens is 250 g/mol. The molecule has 1 aromatic heterocycles. The molecule has 0 saturated carbocycles. The van der Waals surface area contributed by atoms with E-state index in [1.807, 2.05) is 18.2 Å². The van der Waals surface area contributed by atoms with Crippen molar-refractivity contribution in [1.82, 2.24) is 14.6 Å². The molecule has 0 unspecified atom stereocenters. The van der Waals surface area contributed by atoms with Gasteiger partial charge in [0.05, 0.1) is 17.2 Å². The second-order valence-electron chi connectivity index (χ2n) is 3.88. The Morgan fingerprint density at radius 3 is 2.72 bits per heavy atom. The lowest BCUT2D eigenvalue weighted by Crippen LogP contribution is -2.23. The van der Waals surface area contributed by atoms with Crippen molar-refractivity contribution in [3.63, 3.8) is 0 Å². The van der Waals surface area contributed by atoms with Crippen LogP contribution in [0.4, 0.5) is 0 Å². The Morgan fingerprint density at radius 2 is 2.06 bits per heavy atom. The molecule has 1 heterocycles. The molecule has 0 bridgehead atoms. The maximum atomic E-state index is 11.7. The number of hydrogen-bond acceptors (Lipinski definition) is 3. The lowest BCUT2D eigenvalue weighted by atomic mass is 10.2. The third-order valence-electron chi connectivity index (χ3n) is 2.68. The molecule has 18 heavy (non-hydrogen) atoms. The van der Waals surface area contributed by atoms with Crippen LogP contribution in [0.25, 0.3) is 11.0 Å². The minimum Gasteiger partial charge on any atom is -0.375 e. The van der Waals surface area contributed by atoms with Crippen LogP contribution in [0.2, 0.25) is 0 Å². The SMILES string of the molecule is Cn1c(=O)n(C)c2cc(/C=N\NC(N)=S)ccc21. The standard InChI is InChI=1S/C11H13N5OS/c1-15-8-4-3-7(6-13-14-10(12)18)5-9(8)16(2)11(15)17/h3-6H,1-2H3,(H3,12,14,18)/b13-6-. The predicted octanol–water partition coefficient (Wildman–Crippen LogP) is 0.0441. The van der Waals surface area contributed by atoms with Gasteiger partial charge in [-0.3, -0.25) is 14.6 Å². The summed E-state index contributed by atoms with van der Waals surface area (Å²) < 4.78 is 3.19. The molecule has 0 aliphatic rings. The molecule has 0 radical (unpaired) electrons. The van der Waals surface area contributed by atoms with E-state index in [0.29, 0.717) is 0 Å². The van der Waals surface area contributed by atoms with Crippen LogP contribution in [0.15, 0.2) is 28.1 Å². The maximum Gasteiger partial charge on any atom is 0.328 e. The van der Waals surface area contributed by atoms with E-state index < -0.39 is 0 Å². The van der Waals surface area contributed by atoms with E-state index in [0.717, 1.165) is 16.6 Å². The van der Waals surface area contributed by atoms with Crippen molar-refractivity contribution in [2.45, 2.75) is 0 Å². The quantitative estimate of drug-likeness (QED) is 0.456. The number of aromatic nitrogens is 2. The van der Waals surface area contributed by atoms with E-state index in [1.54, 1.807) is 29.4 Å². The smallest absolute Gasteiger partial charge is 0.328 e. The fraction of sp³-hybridized carbons (Fsp3) is 0.182. The predicted molar refractivity (Wildman–Crippen MR) is 75.7 cm³/mol. The van der Waals surface area contributed by atoms with E-state index >= 15 is 0 Å². The zero-order chi connectivity index (χ0) is 13.3. The van der Waals surface area contributed by atoms with E-state index in [4.69, 9.17) is 5.73 Å². The number of hydrogen-bond donors (Lipinski definition) is 2. The van der Waals surface area contributed by atoms with Crippen LogP contribution in [0.1, 0.15) is 5.56 Å². The average molecular weight is 263 g/mol. The molecule has 0 fully saturated rings. The number of nitrogens with one attached hydrogen (secondary N) is 1. The first-order chi connectivity index (χ1) is 8.50. The van der Waals surface area contributed by atoms with Crippen molar-refractivity contribution in [2.75, 3.05) is 0 Å². The fourth-order valence-corrected chi connectivity index (χ4v) is 1.83. The van der Waals surface area contributed by atoms with Gasteiger partial charge in [0.15, 0.2) is 5.11 Å². The van der Waals surface area contributed by atoms with E-state index in [1.165, 1.54) is 0 Å². The van der Waals surface area contributed by atoms with Gasteiger partial charge in [-0.05, 0) is 29.9 Å². The van der Waals surface area contributed by atoms with Crippen molar-refractivity contribution in [2.24, 2.45) is 24.9 Å². The first-order valence-electron chi connectivity index (χ1n) is 5.24. The molecule has 0 saturated heterocycles. The summed E-state index contributed by atoms with van der Waals surface area (Å²) in [6, 6.07) is 5.62. The topological polar surface area (TPSA) is 77.3 Å². The first kappa shape index (κ1) is 12.3. The summed E-state index contributed by atoms with van der Waals surface area (Å²) in [5.41, 5.74) is 10.3. The maximum absolute atomic E-state index is 11.7. The van der Waals surface area contributed by atoms with Crippen LogP contribution in [-0.2, 0) is 14.1 Å². The summed E-state index contributed by atoms with van der Waals surface area (Å²) in [5.74, 6) is 0.